The molecule has 1 aliphatic heterocycles. The highest BCUT2D eigenvalue weighted by Crippen LogP contribution is 2.11. The van der Waals surface area contributed by atoms with Gasteiger partial charge in [-0.3, -0.25) is 9.79 Å². The van der Waals surface area contributed by atoms with Crippen LogP contribution in [0.5, 0.6) is 0 Å². The lowest BCUT2D eigenvalue weighted by molar-refractivity contribution is 0.0168. The number of nitrogens with one attached hydrogen (secondary N) is 2. The first-order valence-electron chi connectivity index (χ1n) is 8.71. The first-order chi connectivity index (χ1) is 12.2. The minimum atomic E-state index is -0.418. The van der Waals surface area contributed by atoms with Crippen LogP contribution < -0.4 is 16.4 Å². The molecule has 1 aromatic carbocycles. The molecule has 7 nitrogen and oxygen atoms in total. The molecule has 0 saturated carbocycles. The number of carbonyl (C=O) groups excluding carboxylic acids is 1. The van der Waals surface area contributed by atoms with Gasteiger partial charge in [0.1, 0.15) is 0 Å². The molecule has 1 aromatic rings. The number of benzene rings is 1. The van der Waals surface area contributed by atoms with Crippen LogP contribution in [-0.4, -0.2) is 51.4 Å². The topological polar surface area (TPSA) is 98.0 Å². The Hall–Kier alpha value is -1.39. The first kappa shape index (κ1) is 22.7. The number of carbonyl (C=O) groups is 1. The Morgan fingerprint density at radius 2 is 2.12 bits per heavy atom. The van der Waals surface area contributed by atoms with Gasteiger partial charge in [0.2, 0.25) is 5.91 Å². The summed E-state index contributed by atoms with van der Waals surface area (Å²) in [4.78, 5) is 15.2. The van der Waals surface area contributed by atoms with Crippen molar-refractivity contribution in [1.29, 1.82) is 0 Å². The Labute approximate surface area is 172 Å². The smallest absolute Gasteiger partial charge is 0.248 e. The minimum Gasteiger partial charge on any atom is -0.379 e. The Bertz CT molecular complexity index is 560. The molecule has 1 fully saturated rings. The summed E-state index contributed by atoms with van der Waals surface area (Å²) >= 11 is 0. The number of amides is 1. The number of ether oxygens (including phenoxy) is 2. The van der Waals surface area contributed by atoms with Crippen LogP contribution in [0.25, 0.3) is 0 Å². The lowest BCUT2D eigenvalue weighted by atomic mass is 10.1. The van der Waals surface area contributed by atoms with Crippen LogP contribution in [0.3, 0.4) is 0 Å². The second-order valence-corrected chi connectivity index (χ2v) is 5.98. The summed E-state index contributed by atoms with van der Waals surface area (Å²) in [5.74, 6) is 0.316. The largest absolute Gasteiger partial charge is 0.379 e. The number of rotatable bonds is 9. The fourth-order valence-electron chi connectivity index (χ4n) is 2.56. The highest BCUT2D eigenvalue weighted by atomic mass is 127. The molecule has 0 bridgehead atoms. The average molecular weight is 476 g/mol. The highest BCUT2D eigenvalue weighted by molar-refractivity contribution is 14.0. The van der Waals surface area contributed by atoms with Gasteiger partial charge >= 0.3 is 0 Å². The molecule has 8 heteroatoms. The van der Waals surface area contributed by atoms with Crippen molar-refractivity contribution in [3.63, 3.8) is 0 Å². The van der Waals surface area contributed by atoms with Crippen LogP contribution in [0.2, 0.25) is 0 Å². The van der Waals surface area contributed by atoms with Crippen molar-refractivity contribution in [1.82, 2.24) is 10.6 Å². The standard InChI is InChI=1S/C18H28N4O3.HI/c1-20-18(21-9-3-10-24-13-16-4-2-11-25-16)22-12-14-5-7-15(8-6-14)17(19)23;/h5-8,16H,2-4,9-13H2,1H3,(H2,19,23)(H2,20,21,22);1H. The van der Waals surface area contributed by atoms with Gasteiger partial charge in [-0.1, -0.05) is 12.1 Å². The second kappa shape index (κ2) is 12.9. The Morgan fingerprint density at radius 1 is 1.35 bits per heavy atom. The zero-order valence-electron chi connectivity index (χ0n) is 15.2. The van der Waals surface area contributed by atoms with Gasteiger partial charge in [0.15, 0.2) is 5.96 Å². The van der Waals surface area contributed by atoms with E-state index in [0.717, 1.165) is 43.9 Å². The van der Waals surface area contributed by atoms with Crippen LogP contribution >= 0.6 is 24.0 Å². The maximum atomic E-state index is 11.1. The number of nitrogens with two attached hydrogens (primary N) is 1. The molecule has 1 amide bonds. The van der Waals surface area contributed by atoms with E-state index < -0.39 is 5.91 Å². The average Bonchev–Trinajstić information content (AvgIpc) is 3.14. The Balaban J connectivity index is 0.00000338. The minimum absolute atomic E-state index is 0. The van der Waals surface area contributed by atoms with Crippen molar-refractivity contribution in [2.75, 3.05) is 33.4 Å². The van der Waals surface area contributed by atoms with Crippen LogP contribution in [0.1, 0.15) is 35.2 Å². The van der Waals surface area contributed by atoms with Crippen molar-refractivity contribution in [3.8, 4) is 0 Å². The van der Waals surface area contributed by atoms with Crippen LogP contribution in [0.15, 0.2) is 29.3 Å². The number of aliphatic imine (C=N–C) groups is 1. The molecule has 1 aliphatic rings. The monoisotopic (exact) mass is 476 g/mol. The third kappa shape index (κ3) is 8.33. The molecule has 26 heavy (non-hydrogen) atoms. The molecule has 1 unspecified atom stereocenters. The van der Waals surface area contributed by atoms with Crippen molar-refractivity contribution >= 4 is 35.8 Å². The van der Waals surface area contributed by atoms with Gasteiger partial charge in [0.05, 0.1) is 12.7 Å². The number of nitrogens with zero attached hydrogens (tertiary/aromatic N) is 1. The molecule has 1 heterocycles. The Morgan fingerprint density at radius 3 is 2.73 bits per heavy atom. The molecular formula is C18H29IN4O3. The van der Waals surface area contributed by atoms with Gasteiger partial charge in [0, 0.05) is 38.9 Å². The third-order valence-corrected chi connectivity index (χ3v) is 4.01. The van der Waals surface area contributed by atoms with Gasteiger partial charge in [-0.05, 0) is 37.0 Å². The van der Waals surface area contributed by atoms with E-state index in [1.807, 2.05) is 12.1 Å². The molecule has 1 saturated heterocycles. The maximum Gasteiger partial charge on any atom is 0.248 e. The summed E-state index contributed by atoms with van der Waals surface area (Å²) in [7, 11) is 1.74. The van der Waals surface area contributed by atoms with Gasteiger partial charge in [0.25, 0.3) is 0 Å². The summed E-state index contributed by atoms with van der Waals surface area (Å²) in [6, 6.07) is 7.19. The third-order valence-electron chi connectivity index (χ3n) is 4.01. The van der Waals surface area contributed by atoms with Gasteiger partial charge in [-0.25, -0.2) is 0 Å². The van der Waals surface area contributed by atoms with E-state index in [2.05, 4.69) is 15.6 Å². The van der Waals surface area contributed by atoms with Crippen molar-refractivity contribution in [2.24, 2.45) is 10.7 Å². The van der Waals surface area contributed by atoms with E-state index >= 15 is 0 Å². The van der Waals surface area contributed by atoms with E-state index in [-0.39, 0.29) is 30.1 Å². The molecule has 1 atom stereocenters. The predicted molar refractivity (Wildman–Crippen MR) is 113 cm³/mol. The number of hydrogen-bond donors (Lipinski definition) is 3. The molecule has 4 N–H and O–H groups in total. The molecular weight excluding hydrogens is 447 g/mol. The molecule has 0 aliphatic carbocycles. The molecule has 146 valence electrons. The summed E-state index contributed by atoms with van der Waals surface area (Å²) < 4.78 is 11.1. The normalized spacial score (nSPS) is 16.8. The first-order valence-corrected chi connectivity index (χ1v) is 8.71. The van der Waals surface area contributed by atoms with Crippen molar-refractivity contribution in [2.45, 2.75) is 31.9 Å². The molecule has 2 rings (SSSR count). The fourth-order valence-corrected chi connectivity index (χ4v) is 2.56. The van der Waals surface area contributed by atoms with E-state index in [1.54, 1.807) is 19.2 Å². The Kier molecular flexibility index (Phi) is 11.2. The van der Waals surface area contributed by atoms with Crippen LogP contribution in [0, 0.1) is 0 Å². The van der Waals surface area contributed by atoms with Crippen molar-refractivity contribution in [3.05, 3.63) is 35.4 Å². The SMILES string of the molecule is CN=C(NCCCOCC1CCCO1)NCc1ccc(C(N)=O)cc1.I. The van der Waals surface area contributed by atoms with Crippen LogP contribution in [-0.2, 0) is 16.0 Å². The predicted octanol–water partition coefficient (Wildman–Crippen LogP) is 1.65. The molecule has 0 radical (unpaired) electrons. The summed E-state index contributed by atoms with van der Waals surface area (Å²) in [6.45, 7) is 3.66. The number of hydrogen-bond acceptors (Lipinski definition) is 4. The molecule has 0 spiro atoms. The van der Waals surface area contributed by atoms with Gasteiger partial charge < -0.3 is 25.8 Å². The quantitative estimate of drug-likeness (QED) is 0.218. The number of guanidine groups is 1. The number of halogens is 1. The lowest BCUT2D eigenvalue weighted by Gasteiger charge is -2.13. The van der Waals surface area contributed by atoms with E-state index in [4.69, 9.17) is 15.2 Å². The zero-order valence-corrected chi connectivity index (χ0v) is 17.5. The van der Waals surface area contributed by atoms with Crippen LogP contribution in [0.4, 0.5) is 0 Å². The van der Waals surface area contributed by atoms with E-state index in [9.17, 15) is 4.79 Å². The van der Waals surface area contributed by atoms with E-state index in [1.165, 1.54) is 0 Å². The summed E-state index contributed by atoms with van der Waals surface area (Å²) in [5, 5.41) is 6.48. The fraction of sp³-hybridized carbons (Fsp3) is 0.556. The van der Waals surface area contributed by atoms with E-state index in [0.29, 0.717) is 25.3 Å². The second-order valence-electron chi connectivity index (χ2n) is 5.98. The van der Waals surface area contributed by atoms with Gasteiger partial charge in [-0.2, -0.15) is 0 Å². The van der Waals surface area contributed by atoms with Gasteiger partial charge in [-0.15, -0.1) is 24.0 Å². The lowest BCUT2D eigenvalue weighted by Crippen LogP contribution is -2.37. The summed E-state index contributed by atoms with van der Waals surface area (Å²) in [5.41, 5.74) is 6.79. The maximum absolute atomic E-state index is 11.1. The number of primary amides is 1. The molecule has 0 aromatic heterocycles. The highest BCUT2D eigenvalue weighted by Gasteiger charge is 2.14. The van der Waals surface area contributed by atoms with Crippen molar-refractivity contribution < 1.29 is 14.3 Å². The summed E-state index contributed by atoms with van der Waals surface area (Å²) in [6.07, 6.45) is 3.43. The zero-order chi connectivity index (χ0) is 17.9.